The third-order valence-electron chi connectivity index (χ3n) is 4.30. The lowest BCUT2D eigenvalue weighted by Gasteiger charge is -2.12. The summed E-state index contributed by atoms with van der Waals surface area (Å²) in [6, 6.07) is 6.14. The second-order valence-corrected chi connectivity index (χ2v) is 8.29. The van der Waals surface area contributed by atoms with Gasteiger partial charge in [0.1, 0.15) is 27.2 Å². The maximum absolute atomic E-state index is 12.9. The van der Waals surface area contributed by atoms with Gasteiger partial charge in [-0.25, -0.2) is 14.4 Å². The van der Waals surface area contributed by atoms with E-state index in [2.05, 4.69) is 4.98 Å². The number of thioether (sulfide) groups is 1. The maximum Gasteiger partial charge on any atom is 0.128 e. The van der Waals surface area contributed by atoms with Gasteiger partial charge in [0.2, 0.25) is 0 Å². The molecule has 130 valence electrons. The van der Waals surface area contributed by atoms with Gasteiger partial charge in [0.05, 0.1) is 6.61 Å². The summed E-state index contributed by atoms with van der Waals surface area (Å²) in [5, 5.41) is 2.33. The smallest absolute Gasteiger partial charge is 0.128 e. The number of hydrogen-bond donors (Lipinski definition) is 0. The zero-order chi connectivity index (χ0) is 17.2. The summed E-state index contributed by atoms with van der Waals surface area (Å²) in [4.78, 5) is 12.0. The van der Waals surface area contributed by atoms with Crippen LogP contribution in [0.25, 0.3) is 10.2 Å². The first-order valence-electron chi connectivity index (χ1n) is 8.51. The predicted molar refractivity (Wildman–Crippen MR) is 101 cm³/mol. The zero-order valence-corrected chi connectivity index (χ0v) is 15.7. The number of rotatable bonds is 5. The van der Waals surface area contributed by atoms with Crippen LogP contribution in [0.15, 0.2) is 29.3 Å². The Morgan fingerprint density at radius 2 is 1.96 bits per heavy atom. The Labute approximate surface area is 154 Å². The molecule has 1 aromatic carbocycles. The normalized spacial score (nSPS) is 13.8. The number of aromatic nitrogens is 2. The first-order valence-corrected chi connectivity index (χ1v) is 10.3. The van der Waals surface area contributed by atoms with Crippen LogP contribution in [0.5, 0.6) is 5.75 Å². The summed E-state index contributed by atoms with van der Waals surface area (Å²) in [5.74, 6) is 2.07. The summed E-state index contributed by atoms with van der Waals surface area (Å²) in [5.41, 5.74) is 1.47. The zero-order valence-electron chi connectivity index (χ0n) is 14.0. The number of aryl methyl sites for hydroxylation is 3. The molecule has 0 saturated heterocycles. The lowest BCUT2D eigenvalue weighted by molar-refractivity contribution is 0.343. The van der Waals surface area contributed by atoms with Crippen molar-refractivity contribution < 1.29 is 9.13 Å². The van der Waals surface area contributed by atoms with E-state index in [0.717, 1.165) is 27.9 Å². The molecule has 4 rings (SSSR count). The first kappa shape index (κ1) is 16.8. The minimum atomic E-state index is -0.247. The molecule has 2 heterocycles. The van der Waals surface area contributed by atoms with Crippen molar-refractivity contribution in [3.05, 3.63) is 46.3 Å². The van der Waals surface area contributed by atoms with Crippen molar-refractivity contribution in [3.8, 4) is 5.75 Å². The van der Waals surface area contributed by atoms with Crippen molar-refractivity contribution in [3.63, 3.8) is 0 Å². The fraction of sp³-hybridized carbons (Fsp3) is 0.368. The van der Waals surface area contributed by atoms with E-state index in [1.54, 1.807) is 23.9 Å². The molecular formula is C19H19FN2OS2. The van der Waals surface area contributed by atoms with Gasteiger partial charge in [-0.05, 0) is 62.4 Å². The van der Waals surface area contributed by atoms with Crippen LogP contribution in [0.1, 0.15) is 29.1 Å². The predicted octanol–water partition coefficient (Wildman–Crippen LogP) is 5.19. The number of nitrogens with zero attached hydrogens (tertiary/aromatic N) is 2. The monoisotopic (exact) mass is 374 g/mol. The van der Waals surface area contributed by atoms with Crippen LogP contribution in [0.4, 0.5) is 4.39 Å². The topological polar surface area (TPSA) is 35.0 Å². The van der Waals surface area contributed by atoms with E-state index in [-0.39, 0.29) is 5.82 Å². The van der Waals surface area contributed by atoms with E-state index in [4.69, 9.17) is 9.72 Å². The van der Waals surface area contributed by atoms with Gasteiger partial charge in [-0.3, -0.25) is 0 Å². The molecule has 2 aromatic heterocycles. The van der Waals surface area contributed by atoms with Gasteiger partial charge in [-0.2, -0.15) is 0 Å². The number of ether oxygens (including phenoxy) is 1. The largest absolute Gasteiger partial charge is 0.493 e. The van der Waals surface area contributed by atoms with Crippen molar-refractivity contribution in [2.75, 3.05) is 12.4 Å². The molecule has 25 heavy (non-hydrogen) atoms. The number of thiophene rings is 1. The van der Waals surface area contributed by atoms with E-state index < -0.39 is 0 Å². The average Bonchev–Trinajstić information content (AvgIpc) is 2.98. The molecule has 1 aliphatic rings. The summed E-state index contributed by atoms with van der Waals surface area (Å²) in [7, 11) is 0. The van der Waals surface area contributed by atoms with Crippen LogP contribution in [-0.2, 0) is 12.8 Å². The van der Waals surface area contributed by atoms with Gasteiger partial charge in [0.15, 0.2) is 0 Å². The van der Waals surface area contributed by atoms with E-state index in [9.17, 15) is 4.39 Å². The van der Waals surface area contributed by atoms with Crippen molar-refractivity contribution >= 4 is 33.3 Å². The molecule has 0 radical (unpaired) electrons. The number of benzene rings is 1. The summed E-state index contributed by atoms with van der Waals surface area (Å²) in [6.45, 7) is 2.52. The van der Waals surface area contributed by atoms with Crippen LogP contribution >= 0.6 is 23.1 Å². The maximum atomic E-state index is 12.9. The molecular weight excluding hydrogens is 355 g/mol. The Morgan fingerprint density at radius 3 is 2.80 bits per heavy atom. The Hall–Kier alpha value is -1.66. The summed E-state index contributed by atoms with van der Waals surface area (Å²) in [6.07, 6.45) is 4.85. The first-order chi connectivity index (χ1) is 12.2. The van der Waals surface area contributed by atoms with E-state index in [1.807, 2.05) is 18.3 Å². The number of fused-ring (bicyclic) bond motifs is 3. The van der Waals surface area contributed by atoms with Gasteiger partial charge >= 0.3 is 0 Å². The molecule has 0 saturated carbocycles. The van der Waals surface area contributed by atoms with Crippen LogP contribution < -0.4 is 4.74 Å². The van der Waals surface area contributed by atoms with Gasteiger partial charge in [0.25, 0.3) is 0 Å². The van der Waals surface area contributed by atoms with Crippen molar-refractivity contribution in [2.24, 2.45) is 0 Å². The van der Waals surface area contributed by atoms with Crippen LogP contribution in [0.2, 0.25) is 0 Å². The highest BCUT2D eigenvalue weighted by Crippen LogP contribution is 2.39. The van der Waals surface area contributed by atoms with Crippen LogP contribution in [0, 0.1) is 12.7 Å². The van der Waals surface area contributed by atoms with Crippen molar-refractivity contribution in [1.82, 2.24) is 9.97 Å². The van der Waals surface area contributed by atoms with E-state index >= 15 is 0 Å². The standard InChI is InChI=1S/C19H19FN2OS2/c1-12-21-18(24-11-10-23-14-8-6-13(20)7-9-14)17-15-4-2-3-5-16(15)25-19(17)22-12/h6-9H,2-5,10-11H2,1H3. The quantitative estimate of drug-likeness (QED) is 0.350. The average molecular weight is 375 g/mol. The van der Waals surface area contributed by atoms with Crippen LogP contribution in [-0.4, -0.2) is 22.3 Å². The lowest BCUT2D eigenvalue weighted by atomic mass is 9.97. The minimum absolute atomic E-state index is 0.247. The molecule has 6 heteroatoms. The van der Waals surface area contributed by atoms with Gasteiger partial charge in [-0.1, -0.05) is 0 Å². The molecule has 0 unspecified atom stereocenters. The third-order valence-corrected chi connectivity index (χ3v) is 6.42. The molecule has 0 atom stereocenters. The van der Waals surface area contributed by atoms with Gasteiger partial charge in [0, 0.05) is 16.0 Å². The second-order valence-electron chi connectivity index (χ2n) is 6.12. The fourth-order valence-electron chi connectivity index (χ4n) is 3.16. The van der Waals surface area contributed by atoms with E-state index in [1.165, 1.54) is 47.2 Å². The number of hydrogen-bond acceptors (Lipinski definition) is 5. The molecule has 1 aliphatic carbocycles. The third kappa shape index (κ3) is 3.65. The van der Waals surface area contributed by atoms with Crippen molar-refractivity contribution in [1.29, 1.82) is 0 Å². The second kappa shape index (κ2) is 7.30. The van der Waals surface area contributed by atoms with Crippen molar-refractivity contribution in [2.45, 2.75) is 37.6 Å². The SMILES string of the molecule is Cc1nc(SCCOc2ccc(F)cc2)c2c3c(sc2n1)CCCC3. The minimum Gasteiger partial charge on any atom is -0.493 e. The molecule has 3 nitrogen and oxygen atoms in total. The Morgan fingerprint density at radius 1 is 1.16 bits per heavy atom. The lowest BCUT2D eigenvalue weighted by Crippen LogP contribution is -2.02. The molecule has 0 N–H and O–H groups in total. The highest BCUT2D eigenvalue weighted by atomic mass is 32.2. The molecule has 0 bridgehead atoms. The number of halogens is 1. The molecule has 3 aromatic rings. The molecule has 0 fully saturated rings. The summed E-state index contributed by atoms with van der Waals surface area (Å²) < 4.78 is 18.6. The molecule has 0 aliphatic heterocycles. The highest BCUT2D eigenvalue weighted by molar-refractivity contribution is 7.99. The van der Waals surface area contributed by atoms with Gasteiger partial charge in [-0.15, -0.1) is 23.1 Å². The molecule has 0 spiro atoms. The Kier molecular flexibility index (Phi) is 4.90. The Balaban J connectivity index is 1.49. The fourth-order valence-corrected chi connectivity index (χ4v) is 5.45. The summed E-state index contributed by atoms with van der Waals surface area (Å²) >= 11 is 3.55. The van der Waals surface area contributed by atoms with Crippen LogP contribution in [0.3, 0.4) is 0 Å². The van der Waals surface area contributed by atoms with E-state index in [0.29, 0.717) is 12.4 Å². The van der Waals surface area contributed by atoms with Gasteiger partial charge < -0.3 is 4.74 Å². The Bertz CT molecular complexity index is 893. The highest BCUT2D eigenvalue weighted by Gasteiger charge is 2.20. The molecule has 0 amide bonds.